The lowest BCUT2D eigenvalue weighted by Gasteiger charge is -2.11. The van der Waals surface area contributed by atoms with Gasteiger partial charge in [-0.3, -0.25) is 3.07 Å². The standard InChI is InChI=1S/C9H4F3IO5/c10-9(11,12)5-2-3(7(14)15)1-4(8(16)17)6(5)13-18/h1-2H,(H,14,15)(H,16,17). The van der Waals surface area contributed by atoms with E-state index < -0.39 is 59.6 Å². The van der Waals surface area contributed by atoms with Crippen molar-refractivity contribution in [1.82, 2.24) is 0 Å². The van der Waals surface area contributed by atoms with E-state index in [2.05, 4.69) is 0 Å². The van der Waals surface area contributed by atoms with E-state index >= 15 is 0 Å². The molecule has 9 heteroatoms. The molecule has 0 aliphatic heterocycles. The predicted molar refractivity (Wildman–Crippen MR) is 58.8 cm³/mol. The Kier molecular flexibility index (Phi) is 4.04. The highest BCUT2D eigenvalue weighted by Gasteiger charge is 2.37. The molecule has 98 valence electrons. The van der Waals surface area contributed by atoms with Gasteiger partial charge in [0.25, 0.3) is 0 Å². The molecule has 0 atom stereocenters. The van der Waals surface area contributed by atoms with Gasteiger partial charge in [-0.25, -0.2) is 9.59 Å². The van der Waals surface area contributed by atoms with Gasteiger partial charge in [-0.05, 0) is 12.1 Å². The number of hydrogen-bond donors (Lipinski definition) is 2. The predicted octanol–water partition coefficient (Wildman–Crippen LogP) is 2.59. The second kappa shape index (κ2) is 5.00. The maximum Gasteiger partial charge on any atom is 0.417 e. The van der Waals surface area contributed by atoms with Crippen LogP contribution in [0.2, 0.25) is 0 Å². The first kappa shape index (κ1) is 14.5. The first-order valence-electron chi connectivity index (χ1n) is 4.17. The van der Waals surface area contributed by atoms with Gasteiger partial charge >= 0.3 is 18.1 Å². The first-order valence-corrected chi connectivity index (χ1v) is 6.13. The molecule has 0 aliphatic rings. The van der Waals surface area contributed by atoms with Gasteiger partial charge in [-0.1, -0.05) is 0 Å². The minimum Gasteiger partial charge on any atom is -0.478 e. The Balaban J connectivity index is 3.72. The molecule has 1 aromatic carbocycles. The molecular formula is C9H4F3IO5. The molecule has 0 saturated carbocycles. The van der Waals surface area contributed by atoms with Crippen LogP contribution in [0.15, 0.2) is 12.1 Å². The fraction of sp³-hybridized carbons (Fsp3) is 0.111. The molecular weight excluding hydrogens is 372 g/mol. The summed E-state index contributed by atoms with van der Waals surface area (Å²) in [4.78, 5) is 21.4. The number of carboxylic acids is 2. The molecule has 1 rings (SSSR count). The van der Waals surface area contributed by atoms with Crippen LogP contribution >= 0.6 is 21.2 Å². The van der Waals surface area contributed by atoms with Crippen molar-refractivity contribution in [3.05, 3.63) is 32.4 Å². The third-order valence-electron chi connectivity index (χ3n) is 1.93. The third kappa shape index (κ3) is 2.83. The van der Waals surface area contributed by atoms with Crippen molar-refractivity contribution in [2.45, 2.75) is 6.18 Å². The van der Waals surface area contributed by atoms with Crippen LogP contribution in [0.5, 0.6) is 0 Å². The number of alkyl halides is 3. The fourth-order valence-electron chi connectivity index (χ4n) is 1.19. The van der Waals surface area contributed by atoms with Crippen LogP contribution in [-0.4, -0.2) is 22.2 Å². The highest BCUT2D eigenvalue weighted by Crippen LogP contribution is 2.36. The molecule has 0 saturated heterocycles. The summed E-state index contributed by atoms with van der Waals surface area (Å²) >= 11 is -2.41. The van der Waals surface area contributed by atoms with E-state index in [1.54, 1.807) is 0 Å². The van der Waals surface area contributed by atoms with Gasteiger partial charge in [0.15, 0.2) is 21.2 Å². The molecule has 0 spiro atoms. The Morgan fingerprint density at radius 1 is 1.11 bits per heavy atom. The highest BCUT2D eigenvalue weighted by atomic mass is 127. The van der Waals surface area contributed by atoms with Crippen LogP contribution in [0.3, 0.4) is 0 Å². The lowest BCUT2D eigenvalue weighted by molar-refractivity contribution is -0.138. The van der Waals surface area contributed by atoms with Gasteiger partial charge in [0, 0.05) is 0 Å². The molecule has 0 radical (unpaired) electrons. The Labute approximate surface area is 108 Å². The monoisotopic (exact) mass is 376 g/mol. The highest BCUT2D eigenvalue weighted by molar-refractivity contribution is 14.1. The first-order chi connectivity index (χ1) is 8.18. The molecule has 0 aromatic heterocycles. The van der Waals surface area contributed by atoms with Crippen LogP contribution in [0.25, 0.3) is 0 Å². The van der Waals surface area contributed by atoms with Gasteiger partial charge in [0.1, 0.15) is 0 Å². The van der Waals surface area contributed by atoms with Crippen LogP contribution in [0, 0.1) is 3.57 Å². The van der Waals surface area contributed by atoms with Crippen molar-refractivity contribution in [3.63, 3.8) is 0 Å². The second-order valence-electron chi connectivity index (χ2n) is 3.07. The number of carboxylic acid groups (broad SMARTS) is 2. The van der Waals surface area contributed by atoms with E-state index in [9.17, 15) is 25.8 Å². The Morgan fingerprint density at radius 3 is 2.00 bits per heavy atom. The van der Waals surface area contributed by atoms with Gasteiger partial charge in [0.05, 0.1) is 20.3 Å². The Bertz CT molecular complexity index is 538. The zero-order chi connectivity index (χ0) is 14.1. The van der Waals surface area contributed by atoms with Gasteiger partial charge < -0.3 is 10.2 Å². The summed E-state index contributed by atoms with van der Waals surface area (Å²) in [5.41, 5.74) is -3.20. The van der Waals surface area contributed by atoms with Crippen LogP contribution in [0.4, 0.5) is 13.2 Å². The van der Waals surface area contributed by atoms with E-state index in [0.717, 1.165) is 0 Å². The minimum absolute atomic E-state index is 0.279. The molecule has 2 N–H and O–H groups in total. The number of aromatic carboxylic acids is 2. The zero-order valence-electron chi connectivity index (χ0n) is 8.29. The molecule has 0 fully saturated rings. The van der Waals surface area contributed by atoms with E-state index in [1.165, 1.54) is 0 Å². The molecule has 0 bridgehead atoms. The quantitative estimate of drug-likeness (QED) is 0.792. The SMILES string of the molecule is O=Ic1c(C(=O)O)cc(C(=O)O)cc1C(F)(F)F. The molecule has 0 aliphatic carbocycles. The smallest absolute Gasteiger partial charge is 0.417 e. The lowest BCUT2D eigenvalue weighted by Crippen LogP contribution is -2.14. The van der Waals surface area contributed by atoms with Gasteiger partial charge in [-0.15, -0.1) is 0 Å². The van der Waals surface area contributed by atoms with Crippen LogP contribution in [0.1, 0.15) is 26.3 Å². The maximum atomic E-state index is 12.6. The molecule has 1 aromatic rings. The van der Waals surface area contributed by atoms with Crippen molar-refractivity contribution in [2.75, 3.05) is 0 Å². The third-order valence-corrected chi connectivity index (χ3v) is 3.54. The lowest BCUT2D eigenvalue weighted by atomic mass is 10.1. The second-order valence-corrected chi connectivity index (χ2v) is 4.59. The molecule has 18 heavy (non-hydrogen) atoms. The summed E-state index contributed by atoms with van der Waals surface area (Å²) in [6.45, 7) is 0. The van der Waals surface area contributed by atoms with E-state index in [4.69, 9.17) is 10.2 Å². The summed E-state index contributed by atoms with van der Waals surface area (Å²) in [5, 5.41) is 17.3. The topological polar surface area (TPSA) is 91.7 Å². The normalized spacial score (nSPS) is 11.3. The fourth-order valence-corrected chi connectivity index (χ4v) is 2.52. The average molecular weight is 376 g/mol. The number of carbonyl (C=O) groups is 2. The van der Waals surface area contributed by atoms with Crippen molar-refractivity contribution in [3.8, 4) is 0 Å². The van der Waals surface area contributed by atoms with Crippen molar-refractivity contribution >= 4 is 33.1 Å². The molecule has 0 unspecified atom stereocenters. The number of halogens is 4. The number of benzene rings is 1. The Morgan fingerprint density at radius 2 is 1.67 bits per heavy atom. The van der Waals surface area contributed by atoms with Gasteiger partial charge in [-0.2, -0.15) is 13.2 Å². The van der Waals surface area contributed by atoms with Crippen LogP contribution in [-0.2, 0) is 9.25 Å². The summed E-state index contributed by atoms with van der Waals surface area (Å²) in [7, 11) is 0. The van der Waals surface area contributed by atoms with Crippen LogP contribution < -0.4 is 0 Å². The molecule has 0 heterocycles. The van der Waals surface area contributed by atoms with Crippen molar-refractivity contribution < 1.29 is 36.0 Å². The zero-order valence-corrected chi connectivity index (χ0v) is 10.4. The number of hydrogen-bond acceptors (Lipinski definition) is 3. The molecule has 5 nitrogen and oxygen atoms in total. The summed E-state index contributed by atoms with van der Waals surface area (Å²) in [5.74, 6) is -3.45. The molecule has 0 amide bonds. The van der Waals surface area contributed by atoms with Gasteiger partial charge in [0.2, 0.25) is 0 Å². The number of rotatable bonds is 3. The van der Waals surface area contributed by atoms with Crippen molar-refractivity contribution in [1.29, 1.82) is 0 Å². The largest absolute Gasteiger partial charge is 0.478 e. The van der Waals surface area contributed by atoms with E-state index in [0.29, 0.717) is 6.07 Å². The van der Waals surface area contributed by atoms with Crippen molar-refractivity contribution in [2.24, 2.45) is 0 Å². The average Bonchev–Trinajstić information content (AvgIpc) is 2.25. The van der Waals surface area contributed by atoms with E-state index in [1.807, 2.05) is 0 Å². The summed E-state index contributed by atoms with van der Waals surface area (Å²) in [6, 6.07) is 0.842. The maximum absolute atomic E-state index is 12.6. The summed E-state index contributed by atoms with van der Waals surface area (Å²) in [6.07, 6.45) is -4.96. The minimum atomic E-state index is -4.96. The Hall–Kier alpha value is -1.52. The van der Waals surface area contributed by atoms with E-state index in [-0.39, 0.29) is 6.07 Å². The summed E-state index contributed by atoms with van der Waals surface area (Å²) < 4.78 is 47.8.